The van der Waals surface area contributed by atoms with E-state index in [-0.39, 0.29) is 0 Å². The standard InChI is InChI=1S/C14H21NS/c1-3-14(2,10-15)8-11-9-16-13-7-5-4-6-12(11)13/h4-7,11H,3,8-10,15H2,1-2H3. The molecule has 2 atom stereocenters. The highest BCUT2D eigenvalue weighted by molar-refractivity contribution is 7.99. The molecule has 1 nitrogen and oxygen atoms in total. The van der Waals surface area contributed by atoms with Gasteiger partial charge in [0.15, 0.2) is 0 Å². The molecule has 0 radical (unpaired) electrons. The summed E-state index contributed by atoms with van der Waals surface area (Å²) in [5, 5.41) is 0. The molecule has 0 bridgehead atoms. The third-order valence-electron chi connectivity index (χ3n) is 3.88. The molecule has 1 aliphatic rings. The summed E-state index contributed by atoms with van der Waals surface area (Å²) in [6.45, 7) is 5.37. The number of nitrogens with two attached hydrogens (primary N) is 1. The summed E-state index contributed by atoms with van der Waals surface area (Å²) < 4.78 is 0. The van der Waals surface area contributed by atoms with Crippen molar-refractivity contribution in [1.29, 1.82) is 0 Å². The predicted octanol–water partition coefficient (Wildman–Crippen LogP) is 3.64. The van der Waals surface area contributed by atoms with E-state index in [1.54, 1.807) is 5.56 Å². The average Bonchev–Trinajstić information content (AvgIpc) is 2.73. The molecule has 2 N–H and O–H groups in total. The van der Waals surface area contributed by atoms with E-state index in [0.29, 0.717) is 11.3 Å². The molecule has 2 unspecified atom stereocenters. The lowest BCUT2D eigenvalue weighted by Gasteiger charge is -2.29. The van der Waals surface area contributed by atoms with Crippen molar-refractivity contribution in [3.8, 4) is 0 Å². The van der Waals surface area contributed by atoms with Crippen LogP contribution >= 0.6 is 11.8 Å². The minimum absolute atomic E-state index is 0.308. The Hall–Kier alpha value is -0.470. The zero-order valence-electron chi connectivity index (χ0n) is 10.2. The zero-order valence-corrected chi connectivity index (χ0v) is 11.0. The molecule has 0 aliphatic carbocycles. The first-order valence-electron chi connectivity index (χ1n) is 6.10. The predicted molar refractivity (Wildman–Crippen MR) is 72.0 cm³/mol. The van der Waals surface area contributed by atoms with Crippen molar-refractivity contribution in [3.63, 3.8) is 0 Å². The van der Waals surface area contributed by atoms with Crippen molar-refractivity contribution < 1.29 is 0 Å². The van der Waals surface area contributed by atoms with Crippen LogP contribution in [-0.4, -0.2) is 12.3 Å². The van der Waals surface area contributed by atoms with Gasteiger partial charge in [-0.25, -0.2) is 0 Å². The number of fused-ring (bicyclic) bond motifs is 1. The fraction of sp³-hybridized carbons (Fsp3) is 0.571. The second-order valence-electron chi connectivity index (χ2n) is 5.12. The molecular formula is C14H21NS. The van der Waals surface area contributed by atoms with Crippen LogP contribution in [0.5, 0.6) is 0 Å². The van der Waals surface area contributed by atoms with Crippen molar-refractivity contribution in [2.24, 2.45) is 11.1 Å². The monoisotopic (exact) mass is 235 g/mol. The summed E-state index contributed by atoms with van der Waals surface area (Å²) in [7, 11) is 0. The van der Waals surface area contributed by atoms with Crippen molar-refractivity contribution in [2.45, 2.75) is 37.5 Å². The summed E-state index contributed by atoms with van der Waals surface area (Å²) in [4.78, 5) is 1.47. The van der Waals surface area contributed by atoms with Gasteiger partial charge in [-0.3, -0.25) is 0 Å². The highest BCUT2D eigenvalue weighted by atomic mass is 32.2. The molecule has 16 heavy (non-hydrogen) atoms. The largest absolute Gasteiger partial charge is 0.330 e. The Morgan fingerprint density at radius 2 is 2.19 bits per heavy atom. The Labute approximate surface area is 103 Å². The molecule has 88 valence electrons. The molecule has 0 saturated heterocycles. The van der Waals surface area contributed by atoms with Crippen molar-refractivity contribution >= 4 is 11.8 Å². The number of hydrogen-bond donors (Lipinski definition) is 1. The quantitative estimate of drug-likeness (QED) is 0.862. The van der Waals surface area contributed by atoms with Gasteiger partial charge in [-0.15, -0.1) is 11.8 Å². The third-order valence-corrected chi connectivity index (χ3v) is 5.14. The first kappa shape index (κ1) is 12.0. The topological polar surface area (TPSA) is 26.0 Å². The Morgan fingerprint density at radius 3 is 2.88 bits per heavy atom. The second kappa shape index (κ2) is 4.80. The van der Waals surface area contributed by atoms with Gasteiger partial charge in [-0.05, 0) is 42.3 Å². The highest BCUT2D eigenvalue weighted by Crippen LogP contribution is 2.45. The van der Waals surface area contributed by atoms with E-state index in [2.05, 4.69) is 38.1 Å². The molecule has 0 saturated carbocycles. The van der Waals surface area contributed by atoms with Crippen molar-refractivity contribution in [3.05, 3.63) is 29.8 Å². The Bertz CT molecular complexity index is 358. The molecule has 0 amide bonds. The summed E-state index contributed by atoms with van der Waals surface area (Å²) in [6.07, 6.45) is 2.40. The van der Waals surface area contributed by atoms with E-state index >= 15 is 0 Å². The van der Waals surface area contributed by atoms with Crippen LogP contribution in [0.25, 0.3) is 0 Å². The number of hydrogen-bond acceptors (Lipinski definition) is 2. The Morgan fingerprint density at radius 1 is 1.44 bits per heavy atom. The fourth-order valence-corrected chi connectivity index (χ4v) is 3.62. The van der Waals surface area contributed by atoms with E-state index in [4.69, 9.17) is 5.73 Å². The van der Waals surface area contributed by atoms with E-state index in [1.165, 1.54) is 23.5 Å². The molecular weight excluding hydrogens is 214 g/mol. The molecule has 1 aromatic carbocycles. The van der Waals surface area contributed by atoms with Crippen LogP contribution in [0, 0.1) is 5.41 Å². The van der Waals surface area contributed by atoms with Gasteiger partial charge in [0.05, 0.1) is 0 Å². The van der Waals surface area contributed by atoms with Gasteiger partial charge in [0.25, 0.3) is 0 Å². The Balaban J connectivity index is 2.14. The summed E-state index contributed by atoms with van der Waals surface area (Å²) in [6, 6.07) is 8.82. The van der Waals surface area contributed by atoms with Crippen LogP contribution in [-0.2, 0) is 0 Å². The van der Waals surface area contributed by atoms with E-state index < -0.39 is 0 Å². The van der Waals surface area contributed by atoms with Crippen LogP contribution in [0.4, 0.5) is 0 Å². The van der Waals surface area contributed by atoms with Crippen LogP contribution in [0.15, 0.2) is 29.2 Å². The van der Waals surface area contributed by atoms with Crippen molar-refractivity contribution in [2.75, 3.05) is 12.3 Å². The first-order chi connectivity index (χ1) is 7.68. The SMILES string of the molecule is CCC(C)(CN)CC1CSc2ccccc21. The summed E-state index contributed by atoms with van der Waals surface area (Å²) in [5.41, 5.74) is 7.76. The zero-order chi connectivity index (χ0) is 11.6. The van der Waals surface area contributed by atoms with Gasteiger partial charge >= 0.3 is 0 Å². The maximum absolute atomic E-state index is 5.91. The summed E-state index contributed by atoms with van der Waals surface area (Å²) >= 11 is 2.00. The van der Waals surface area contributed by atoms with Gasteiger partial charge in [0, 0.05) is 10.6 Å². The lowest BCUT2D eigenvalue weighted by atomic mass is 9.77. The van der Waals surface area contributed by atoms with Crippen LogP contribution in [0.2, 0.25) is 0 Å². The number of thioether (sulfide) groups is 1. The molecule has 1 aromatic rings. The smallest absolute Gasteiger partial charge is 0.0107 e. The molecule has 2 heteroatoms. The highest BCUT2D eigenvalue weighted by Gasteiger charge is 2.30. The van der Waals surface area contributed by atoms with E-state index in [1.807, 2.05) is 11.8 Å². The van der Waals surface area contributed by atoms with Crippen LogP contribution in [0.1, 0.15) is 38.2 Å². The molecule has 0 fully saturated rings. The van der Waals surface area contributed by atoms with Gasteiger partial charge in [0.2, 0.25) is 0 Å². The van der Waals surface area contributed by atoms with Crippen molar-refractivity contribution in [1.82, 2.24) is 0 Å². The first-order valence-corrected chi connectivity index (χ1v) is 7.09. The lowest BCUT2D eigenvalue weighted by Crippen LogP contribution is -2.28. The maximum atomic E-state index is 5.91. The maximum Gasteiger partial charge on any atom is 0.0107 e. The molecule has 1 aliphatic heterocycles. The second-order valence-corrected chi connectivity index (χ2v) is 6.18. The van der Waals surface area contributed by atoms with E-state index in [9.17, 15) is 0 Å². The van der Waals surface area contributed by atoms with Gasteiger partial charge in [-0.2, -0.15) is 0 Å². The lowest BCUT2D eigenvalue weighted by molar-refractivity contribution is 0.278. The number of benzene rings is 1. The molecule has 0 spiro atoms. The minimum Gasteiger partial charge on any atom is -0.330 e. The molecule has 1 heterocycles. The van der Waals surface area contributed by atoms with Gasteiger partial charge in [0.1, 0.15) is 0 Å². The van der Waals surface area contributed by atoms with Gasteiger partial charge < -0.3 is 5.73 Å². The average molecular weight is 235 g/mol. The van der Waals surface area contributed by atoms with Crippen LogP contribution in [0.3, 0.4) is 0 Å². The minimum atomic E-state index is 0.308. The van der Waals surface area contributed by atoms with E-state index in [0.717, 1.165) is 6.54 Å². The Kier molecular flexibility index (Phi) is 3.60. The number of rotatable bonds is 4. The third kappa shape index (κ3) is 2.28. The molecule has 0 aromatic heterocycles. The fourth-order valence-electron chi connectivity index (χ4n) is 2.37. The molecule has 2 rings (SSSR count). The summed E-state index contributed by atoms with van der Waals surface area (Å²) in [5.74, 6) is 1.93. The van der Waals surface area contributed by atoms with Crippen LogP contribution < -0.4 is 5.73 Å². The van der Waals surface area contributed by atoms with Gasteiger partial charge in [-0.1, -0.05) is 32.0 Å². The normalized spacial score (nSPS) is 22.8.